The van der Waals surface area contributed by atoms with Gasteiger partial charge in [-0.1, -0.05) is 45.2 Å². The number of hydrogen-bond acceptors (Lipinski definition) is 3. The maximum atomic E-state index is 5.33. The zero-order valence-electron chi connectivity index (χ0n) is 12.4. The molecule has 0 aliphatic carbocycles. The minimum absolute atomic E-state index is 0.508. The molecule has 0 heterocycles. The zero-order valence-corrected chi connectivity index (χ0v) is 12.4. The van der Waals surface area contributed by atoms with Gasteiger partial charge in [0, 0.05) is 12.7 Å². The summed E-state index contributed by atoms with van der Waals surface area (Å²) >= 11 is 0. The Morgan fingerprint density at radius 1 is 1.11 bits per heavy atom. The van der Waals surface area contributed by atoms with Gasteiger partial charge in [-0.05, 0) is 30.0 Å². The molecule has 0 saturated carbocycles. The van der Waals surface area contributed by atoms with Crippen molar-refractivity contribution in [2.75, 3.05) is 19.0 Å². The van der Waals surface area contributed by atoms with E-state index in [1.807, 2.05) is 31.3 Å². The summed E-state index contributed by atoms with van der Waals surface area (Å²) in [6.07, 6.45) is 4.90. The number of unbranched alkanes of at least 4 members (excludes halogenated alkanes) is 1. The second-order valence-corrected chi connectivity index (χ2v) is 4.91. The van der Waals surface area contributed by atoms with Crippen molar-refractivity contribution in [2.45, 2.75) is 46.1 Å². The van der Waals surface area contributed by atoms with Crippen LogP contribution < -0.4 is 5.32 Å². The standard InChI is InChI=1S/C16H27NO2/c1-4-6-7-14(5-2)12-18-19-13-15-8-10-16(17-3)11-9-15/h8-11,14,17H,4-7,12-13H2,1-3H3. The first-order valence-corrected chi connectivity index (χ1v) is 7.31. The average molecular weight is 265 g/mol. The fourth-order valence-electron chi connectivity index (χ4n) is 1.92. The normalized spacial score (nSPS) is 12.4. The lowest BCUT2D eigenvalue weighted by Crippen LogP contribution is -2.09. The SMILES string of the molecule is CCCCC(CC)COOCc1ccc(NC)cc1. The highest BCUT2D eigenvalue weighted by atomic mass is 17.2. The number of rotatable bonds is 10. The van der Waals surface area contributed by atoms with Gasteiger partial charge >= 0.3 is 0 Å². The Balaban J connectivity index is 2.18. The van der Waals surface area contributed by atoms with E-state index in [-0.39, 0.29) is 0 Å². The molecule has 0 bridgehead atoms. The van der Waals surface area contributed by atoms with Gasteiger partial charge in [0.15, 0.2) is 0 Å². The van der Waals surface area contributed by atoms with E-state index in [1.165, 1.54) is 19.3 Å². The molecule has 0 saturated heterocycles. The van der Waals surface area contributed by atoms with E-state index in [1.54, 1.807) is 0 Å². The minimum atomic E-state index is 0.508. The van der Waals surface area contributed by atoms with Gasteiger partial charge in [0.25, 0.3) is 0 Å². The summed E-state index contributed by atoms with van der Waals surface area (Å²) in [6, 6.07) is 8.16. The molecule has 1 N–H and O–H groups in total. The van der Waals surface area contributed by atoms with Gasteiger partial charge in [0.2, 0.25) is 0 Å². The maximum Gasteiger partial charge on any atom is 0.107 e. The number of hydrogen-bond donors (Lipinski definition) is 1. The number of benzene rings is 1. The van der Waals surface area contributed by atoms with Crippen LogP contribution in [0.15, 0.2) is 24.3 Å². The third kappa shape index (κ3) is 6.60. The fraction of sp³-hybridized carbons (Fsp3) is 0.625. The molecule has 0 aromatic heterocycles. The third-order valence-electron chi connectivity index (χ3n) is 3.40. The van der Waals surface area contributed by atoms with Crippen LogP contribution in [0.25, 0.3) is 0 Å². The van der Waals surface area contributed by atoms with Crippen molar-refractivity contribution in [1.82, 2.24) is 0 Å². The zero-order chi connectivity index (χ0) is 13.9. The molecule has 0 aliphatic heterocycles. The predicted molar refractivity (Wildman–Crippen MR) is 80.0 cm³/mol. The van der Waals surface area contributed by atoms with Gasteiger partial charge in [-0.15, -0.1) is 0 Å². The third-order valence-corrected chi connectivity index (χ3v) is 3.40. The van der Waals surface area contributed by atoms with Gasteiger partial charge in [0.05, 0.1) is 6.61 Å². The maximum absolute atomic E-state index is 5.33. The summed E-state index contributed by atoms with van der Waals surface area (Å²) in [7, 11) is 1.91. The van der Waals surface area contributed by atoms with Crippen LogP contribution in [0.5, 0.6) is 0 Å². The number of nitrogens with one attached hydrogen (secondary N) is 1. The highest BCUT2D eigenvalue weighted by Gasteiger charge is 2.06. The van der Waals surface area contributed by atoms with Crippen LogP contribution in [0.1, 0.15) is 45.1 Å². The second kappa shape index (κ2) is 9.82. The highest BCUT2D eigenvalue weighted by Crippen LogP contribution is 2.14. The summed E-state index contributed by atoms with van der Waals surface area (Å²) < 4.78 is 0. The van der Waals surface area contributed by atoms with Crippen LogP contribution in [0.4, 0.5) is 5.69 Å². The van der Waals surface area contributed by atoms with Crippen LogP contribution in [0.3, 0.4) is 0 Å². The van der Waals surface area contributed by atoms with Crippen molar-refractivity contribution in [3.63, 3.8) is 0 Å². The molecule has 0 spiro atoms. The molecule has 3 nitrogen and oxygen atoms in total. The molecule has 0 fully saturated rings. The van der Waals surface area contributed by atoms with Crippen LogP contribution in [-0.2, 0) is 16.4 Å². The Kier molecular flexibility index (Phi) is 8.26. The summed E-state index contributed by atoms with van der Waals surface area (Å²) in [6.45, 7) is 5.64. The van der Waals surface area contributed by atoms with Gasteiger partial charge in [-0.3, -0.25) is 0 Å². The van der Waals surface area contributed by atoms with E-state index in [4.69, 9.17) is 9.78 Å². The first-order valence-electron chi connectivity index (χ1n) is 7.31. The van der Waals surface area contributed by atoms with Crippen LogP contribution in [0.2, 0.25) is 0 Å². The van der Waals surface area contributed by atoms with E-state index in [0.717, 1.165) is 17.7 Å². The minimum Gasteiger partial charge on any atom is -0.388 e. The van der Waals surface area contributed by atoms with Crippen molar-refractivity contribution in [3.05, 3.63) is 29.8 Å². The molecule has 3 heteroatoms. The van der Waals surface area contributed by atoms with Gasteiger partial charge in [0.1, 0.15) is 6.61 Å². The van der Waals surface area contributed by atoms with Crippen molar-refractivity contribution >= 4 is 5.69 Å². The Morgan fingerprint density at radius 3 is 2.42 bits per heavy atom. The first-order chi connectivity index (χ1) is 9.30. The average Bonchev–Trinajstić information content (AvgIpc) is 2.47. The van der Waals surface area contributed by atoms with Gasteiger partial charge in [-0.2, -0.15) is 0 Å². The molecule has 1 aromatic carbocycles. The van der Waals surface area contributed by atoms with Crippen molar-refractivity contribution in [3.8, 4) is 0 Å². The van der Waals surface area contributed by atoms with E-state index >= 15 is 0 Å². The molecule has 1 atom stereocenters. The predicted octanol–water partition coefficient (Wildman–Crippen LogP) is 4.39. The van der Waals surface area contributed by atoms with Gasteiger partial charge < -0.3 is 5.32 Å². The second-order valence-electron chi connectivity index (χ2n) is 4.91. The topological polar surface area (TPSA) is 30.5 Å². The highest BCUT2D eigenvalue weighted by molar-refractivity contribution is 5.43. The summed E-state index contributed by atoms with van der Waals surface area (Å²) in [4.78, 5) is 10.6. The largest absolute Gasteiger partial charge is 0.388 e. The van der Waals surface area contributed by atoms with Gasteiger partial charge in [-0.25, -0.2) is 9.78 Å². The molecule has 0 amide bonds. The number of anilines is 1. The van der Waals surface area contributed by atoms with E-state index in [2.05, 4.69) is 19.2 Å². The molecular formula is C16H27NO2. The monoisotopic (exact) mass is 265 g/mol. The first kappa shape index (κ1) is 16.0. The van der Waals surface area contributed by atoms with Crippen LogP contribution in [-0.4, -0.2) is 13.7 Å². The lowest BCUT2D eigenvalue weighted by atomic mass is 10.0. The molecule has 0 radical (unpaired) electrons. The molecule has 19 heavy (non-hydrogen) atoms. The Morgan fingerprint density at radius 2 is 1.84 bits per heavy atom. The quantitative estimate of drug-likeness (QED) is 0.386. The summed E-state index contributed by atoms with van der Waals surface area (Å²) in [5.74, 6) is 0.617. The molecule has 108 valence electrons. The molecule has 0 aliphatic rings. The lowest BCUT2D eigenvalue weighted by Gasteiger charge is -2.13. The Bertz CT molecular complexity index is 324. The van der Waals surface area contributed by atoms with E-state index in [0.29, 0.717) is 19.1 Å². The van der Waals surface area contributed by atoms with Crippen molar-refractivity contribution in [2.24, 2.45) is 5.92 Å². The van der Waals surface area contributed by atoms with Crippen molar-refractivity contribution < 1.29 is 9.78 Å². The molecule has 1 aromatic rings. The fourth-order valence-corrected chi connectivity index (χ4v) is 1.92. The smallest absolute Gasteiger partial charge is 0.107 e. The van der Waals surface area contributed by atoms with Crippen LogP contribution in [0, 0.1) is 5.92 Å². The molecule has 1 rings (SSSR count). The van der Waals surface area contributed by atoms with E-state index < -0.39 is 0 Å². The van der Waals surface area contributed by atoms with Crippen LogP contribution >= 0.6 is 0 Å². The Hall–Kier alpha value is -1.06. The summed E-state index contributed by atoms with van der Waals surface area (Å²) in [5.41, 5.74) is 2.23. The van der Waals surface area contributed by atoms with E-state index in [9.17, 15) is 0 Å². The summed E-state index contributed by atoms with van der Waals surface area (Å²) in [5, 5.41) is 3.09. The lowest BCUT2D eigenvalue weighted by molar-refractivity contribution is -0.310. The Labute approximate surface area is 117 Å². The van der Waals surface area contributed by atoms with Crippen molar-refractivity contribution in [1.29, 1.82) is 0 Å². The molecular weight excluding hydrogens is 238 g/mol. The molecule has 1 unspecified atom stereocenters.